The summed E-state index contributed by atoms with van der Waals surface area (Å²) in [4.78, 5) is 10.9. The maximum absolute atomic E-state index is 10.9. The summed E-state index contributed by atoms with van der Waals surface area (Å²) in [6, 6.07) is 15.2. The van der Waals surface area contributed by atoms with Gasteiger partial charge in [0.1, 0.15) is 0 Å². The minimum atomic E-state index is -0.927. The highest BCUT2D eigenvalue weighted by Crippen LogP contribution is 2.27. The second kappa shape index (κ2) is 5.89. The lowest BCUT2D eigenvalue weighted by Gasteiger charge is -2.17. The van der Waals surface area contributed by atoms with E-state index in [1.807, 2.05) is 18.2 Å². The van der Waals surface area contributed by atoms with Gasteiger partial charge in [-0.3, -0.25) is 0 Å². The fraction of sp³-hybridized carbons (Fsp3) is 0.133. The summed E-state index contributed by atoms with van der Waals surface area (Å²) in [6.07, 6.45) is 0. The molecule has 2 rings (SSSR count). The average Bonchev–Trinajstić information content (AvgIpc) is 2.41. The summed E-state index contributed by atoms with van der Waals surface area (Å²) in [5, 5.41) is 12.3. The Balaban J connectivity index is 2.18. The lowest BCUT2D eigenvalue weighted by Crippen LogP contribution is -2.07. The molecule has 0 amide bonds. The summed E-state index contributed by atoms with van der Waals surface area (Å²) in [7, 11) is 0. The van der Waals surface area contributed by atoms with Crippen LogP contribution in [0.4, 0.5) is 5.69 Å². The molecular formula is C15H14BrNO2. The van der Waals surface area contributed by atoms with Crippen molar-refractivity contribution in [1.82, 2.24) is 0 Å². The number of rotatable bonds is 4. The van der Waals surface area contributed by atoms with E-state index in [-0.39, 0.29) is 11.6 Å². The number of halogens is 1. The molecule has 0 heterocycles. The Labute approximate surface area is 120 Å². The van der Waals surface area contributed by atoms with Gasteiger partial charge in [-0.1, -0.05) is 30.3 Å². The highest BCUT2D eigenvalue weighted by atomic mass is 79.9. The topological polar surface area (TPSA) is 49.3 Å². The van der Waals surface area contributed by atoms with Crippen LogP contribution < -0.4 is 5.32 Å². The van der Waals surface area contributed by atoms with Crippen molar-refractivity contribution in [1.29, 1.82) is 0 Å². The van der Waals surface area contributed by atoms with Crippen molar-refractivity contribution >= 4 is 27.6 Å². The number of anilines is 1. The molecule has 3 nitrogen and oxygen atoms in total. The summed E-state index contributed by atoms with van der Waals surface area (Å²) >= 11 is 3.39. The third-order valence-corrected chi connectivity index (χ3v) is 3.54. The molecule has 1 unspecified atom stereocenters. The molecule has 0 saturated carbocycles. The number of carbonyl (C=O) groups is 1. The van der Waals surface area contributed by atoms with Crippen LogP contribution in [0.3, 0.4) is 0 Å². The zero-order valence-corrected chi connectivity index (χ0v) is 12.0. The van der Waals surface area contributed by atoms with Crippen LogP contribution in [0, 0.1) is 0 Å². The molecule has 0 spiro atoms. The Bertz CT molecular complexity index is 584. The summed E-state index contributed by atoms with van der Waals surface area (Å²) in [5.74, 6) is -0.927. The highest BCUT2D eigenvalue weighted by Gasteiger charge is 2.09. The third-order valence-electron chi connectivity index (χ3n) is 2.89. The number of hydrogen-bond acceptors (Lipinski definition) is 2. The Kier molecular flexibility index (Phi) is 4.22. The van der Waals surface area contributed by atoms with Crippen LogP contribution in [-0.2, 0) is 0 Å². The fourth-order valence-corrected chi connectivity index (χ4v) is 2.32. The van der Waals surface area contributed by atoms with E-state index in [2.05, 4.69) is 40.3 Å². The first-order valence-corrected chi connectivity index (χ1v) is 6.71. The van der Waals surface area contributed by atoms with Crippen molar-refractivity contribution in [2.75, 3.05) is 5.32 Å². The smallest absolute Gasteiger partial charge is 0.335 e. The first-order valence-electron chi connectivity index (χ1n) is 5.92. The number of aromatic carboxylic acids is 1. The van der Waals surface area contributed by atoms with E-state index in [0.29, 0.717) is 0 Å². The van der Waals surface area contributed by atoms with Gasteiger partial charge in [0.25, 0.3) is 0 Å². The molecule has 0 saturated heterocycles. The van der Waals surface area contributed by atoms with E-state index >= 15 is 0 Å². The van der Waals surface area contributed by atoms with Crippen LogP contribution in [0.2, 0.25) is 0 Å². The van der Waals surface area contributed by atoms with Crippen molar-refractivity contribution in [3.05, 3.63) is 64.1 Å². The lowest BCUT2D eigenvalue weighted by molar-refractivity contribution is 0.0697. The predicted molar refractivity (Wildman–Crippen MR) is 79.6 cm³/mol. The Hall–Kier alpha value is -1.81. The van der Waals surface area contributed by atoms with Gasteiger partial charge < -0.3 is 10.4 Å². The van der Waals surface area contributed by atoms with Crippen LogP contribution in [-0.4, -0.2) is 11.1 Å². The fourth-order valence-electron chi connectivity index (χ4n) is 1.82. The zero-order valence-electron chi connectivity index (χ0n) is 10.4. The minimum Gasteiger partial charge on any atom is -0.478 e. The SMILES string of the molecule is CC(Nc1ccc(C(=O)O)cc1Br)c1ccccc1. The molecular weight excluding hydrogens is 306 g/mol. The highest BCUT2D eigenvalue weighted by molar-refractivity contribution is 9.10. The predicted octanol–water partition coefficient (Wildman–Crippen LogP) is 4.32. The minimum absolute atomic E-state index is 0.146. The molecule has 0 aromatic heterocycles. The Morgan fingerprint density at radius 1 is 1.21 bits per heavy atom. The van der Waals surface area contributed by atoms with E-state index in [1.54, 1.807) is 18.2 Å². The summed E-state index contributed by atoms with van der Waals surface area (Å²) in [5.41, 5.74) is 2.32. The van der Waals surface area contributed by atoms with Crippen molar-refractivity contribution in [3.63, 3.8) is 0 Å². The molecule has 2 aromatic carbocycles. The van der Waals surface area contributed by atoms with Crippen molar-refractivity contribution < 1.29 is 9.90 Å². The molecule has 98 valence electrons. The molecule has 0 fully saturated rings. The van der Waals surface area contributed by atoms with Crippen molar-refractivity contribution in [2.45, 2.75) is 13.0 Å². The molecule has 1 atom stereocenters. The van der Waals surface area contributed by atoms with Gasteiger partial charge in [-0.2, -0.15) is 0 Å². The Morgan fingerprint density at radius 2 is 1.89 bits per heavy atom. The molecule has 19 heavy (non-hydrogen) atoms. The van der Waals surface area contributed by atoms with Gasteiger partial charge in [-0.05, 0) is 46.6 Å². The first kappa shape index (κ1) is 13.6. The maximum Gasteiger partial charge on any atom is 0.335 e. The van der Waals surface area contributed by atoms with E-state index in [1.165, 1.54) is 5.56 Å². The van der Waals surface area contributed by atoms with E-state index < -0.39 is 5.97 Å². The molecule has 2 aromatic rings. The van der Waals surface area contributed by atoms with Crippen LogP contribution in [0.15, 0.2) is 53.0 Å². The number of carboxylic acid groups (broad SMARTS) is 1. The number of nitrogens with one attached hydrogen (secondary N) is 1. The van der Waals surface area contributed by atoms with Gasteiger partial charge in [0.05, 0.1) is 5.56 Å². The van der Waals surface area contributed by atoms with Gasteiger partial charge >= 0.3 is 5.97 Å². The monoisotopic (exact) mass is 319 g/mol. The number of carboxylic acids is 1. The maximum atomic E-state index is 10.9. The second-order valence-corrected chi connectivity index (χ2v) is 5.13. The normalized spacial score (nSPS) is 11.9. The van der Waals surface area contributed by atoms with Gasteiger partial charge in [0.15, 0.2) is 0 Å². The summed E-state index contributed by atoms with van der Waals surface area (Å²) < 4.78 is 0.746. The molecule has 0 aliphatic heterocycles. The van der Waals surface area contributed by atoms with Crippen LogP contribution in [0.25, 0.3) is 0 Å². The Morgan fingerprint density at radius 3 is 2.47 bits per heavy atom. The van der Waals surface area contributed by atoms with Crippen LogP contribution >= 0.6 is 15.9 Å². The standard InChI is InChI=1S/C15H14BrNO2/c1-10(11-5-3-2-4-6-11)17-14-8-7-12(15(18)19)9-13(14)16/h2-10,17H,1H3,(H,18,19). The first-order chi connectivity index (χ1) is 9.08. The van der Waals surface area contributed by atoms with Crippen molar-refractivity contribution in [2.24, 2.45) is 0 Å². The average molecular weight is 320 g/mol. The number of benzene rings is 2. The molecule has 4 heteroatoms. The summed E-state index contributed by atoms with van der Waals surface area (Å²) in [6.45, 7) is 2.06. The van der Waals surface area contributed by atoms with Crippen LogP contribution in [0.1, 0.15) is 28.9 Å². The van der Waals surface area contributed by atoms with Gasteiger partial charge in [-0.25, -0.2) is 4.79 Å². The zero-order chi connectivity index (χ0) is 13.8. The van der Waals surface area contributed by atoms with Crippen molar-refractivity contribution in [3.8, 4) is 0 Å². The van der Waals surface area contributed by atoms with E-state index in [4.69, 9.17) is 5.11 Å². The largest absolute Gasteiger partial charge is 0.478 e. The molecule has 2 N–H and O–H groups in total. The molecule has 0 aliphatic rings. The van der Waals surface area contributed by atoms with E-state index in [0.717, 1.165) is 10.2 Å². The van der Waals surface area contributed by atoms with Crippen LogP contribution in [0.5, 0.6) is 0 Å². The molecule has 0 radical (unpaired) electrons. The second-order valence-electron chi connectivity index (χ2n) is 4.28. The van der Waals surface area contributed by atoms with Gasteiger partial charge in [-0.15, -0.1) is 0 Å². The van der Waals surface area contributed by atoms with Gasteiger partial charge in [0.2, 0.25) is 0 Å². The molecule has 0 aliphatic carbocycles. The third kappa shape index (κ3) is 3.35. The lowest BCUT2D eigenvalue weighted by atomic mass is 10.1. The quantitative estimate of drug-likeness (QED) is 0.882. The molecule has 0 bridgehead atoms. The number of hydrogen-bond donors (Lipinski definition) is 2. The van der Waals surface area contributed by atoms with Gasteiger partial charge in [0, 0.05) is 16.2 Å². The van der Waals surface area contributed by atoms with E-state index in [9.17, 15) is 4.79 Å².